The van der Waals surface area contributed by atoms with Gasteiger partial charge in [-0.15, -0.1) is 0 Å². The molecule has 1 saturated heterocycles. The molecule has 4 atom stereocenters. The first-order valence-electron chi connectivity index (χ1n) is 8.34. The predicted octanol–water partition coefficient (Wildman–Crippen LogP) is 1.54. The molecule has 0 spiro atoms. The molecular weight excluding hydrogens is 367 g/mol. The molecule has 1 amide bonds. The van der Waals surface area contributed by atoms with Crippen LogP contribution in [0.5, 0.6) is 5.75 Å². The van der Waals surface area contributed by atoms with E-state index >= 15 is 0 Å². The quantitative estimate of drug-likeness (QED) is 0.625. The van der Waals surface area contributed by atoms with Crippen molar-refractivity contribution in [2.24, 2.45) is 23.5 Å². The minimum Gasteiger partial charge on any atom is -0.508 e. The van der Waals surface area contributed by atoms with Crippen LogP contribution >= 0.6 is 23.2 Å². The van der Waals surface area contributed by atoms with Gasteiger partial charge in [0, 0.05) is 30.8 Å². The molecule has 1 aliphatic heterocycles. The fourth-order valence-electron chi connectivity index (χ4n) is 4.35. The standard InChI is InChI=1S/C17H22Cl2N2O4/c18-11-3-10(13(23)4-12(11)19)16(20)15-8-1-2-9(15)6-21(5-8)17(25)14(24)7-22/h3-4,8-9,14-16,22-24H,1-2,5-7,20H2/t8?,9?,14-,15?,16+/m1/s1. The van der Waals surface area contributed by atoms with Gasteiger partial charge in [-0.25, -0.2) is 0 Å². The summed E-state index contributed by atoms with van der Waals surface area (Å²) in [5, 5.41) is 29.4. The van der Waals surface area contributed by atoms with Crippen LogP contribution in [0.15, 0.2) is 12.1 Å². The van der Waals surface area contributed by atoms with E-state index in [1.165, 1.54) is 6.07 Å². The first-order chi connectivity index (χ1) is 11.8. The van der Waals surface area contributed by atoms with Crippen LogP contribution in [-0.2, 0) is 4.79 Å². The molecule has 3 rings (SSSR count). The number of aliphatic hydroxyl groups is 2. The van der Waals surface area contributed by atoms with Gasteiger partial charge in [-0.05, 0) is 36.7 Å². The summed E-state index contributed by atoms with van der Waals surface area (Å²) in [4.78, 5) is 13.8. The van der Waals surface area contributed by atoms with Crippen LogP contribution in [0.4, 0.5) is 0 Å². The van der Waals surface area contributed by atoms with Crippen LogP contribution in [0, 0.1) is 17.8 Å². The van der Waals surface area contributed by atoms with Crippen molar-refractivity contribution < 1.29 is 20.1 Å². The lowest BCUT2D eigenvalue weighted by Crippen LogP contribution is -2.51. The maximum atomic E-state index is 12.1. The van der Waals surface area contributed by atoms with Gasteiger partial charge in [0.1, 0.15) is 5.75 Å². The number of phenols is 1. The smallest absolute Gasteiger partial charge is 0.253 e. The minimum absolute atomic E-state index is 0.0236. The van der Waals surface area contributed by atoms with Gasteiger partial charge in [0.2, 0.25) is 0 Å². The Morgan fingerprint density at radius 1 is 1.24 bits per heavy atom. The summed E-state index contributed by atoms with van der Waals surface area (Å²) in [5.74, 6) is 0.0488. The number of piperidine rings is 1. The second kappa shape index (κ2) is 7.29. The largest absolute Gasteiger partial charge is 0.508 e. The van der Waals surface area contributed by atoms with Crippen LogP contribution in [0.3, 0.4) is 0 Å². The van der Waals surface area contributed by atoms with E-state index in [4.69, 9.17) is 34.0 Å². The molecule has 6 nitrogen and oxygen atoms in total. The average molecular weight is 389 g/mol. The third-order valence-corrected chi connectivity index (χ3v) is 6.24. The number of benzene rings is 1. The molecule has 0 radical (unpaired) electrons. The van der Waals surface area contributed by atoms with Crippen molar-refractivity contribution in [2.45, 2.75) is 25.0 Å². The number of carbonyl (C=O) groups excluding carboxylic acids is 1. The summed E-state index contributed by atoms with van der Waals surface area (Å²) in [6.07, 6.45) is 0.498. The Hall–Kier alpha value is -1.05. The molecule has 1 aromatic carbocycles. The summed E-state index contributed by atoms with van der Waals surface area (Å²) in [6, 6.07) is 2.60. The Balaban J connectivity index is 1.79. The van der Waals surface area contributed by atoms with Crippen LogP contribution in [0.1, 0.15) is 24.4 Å². The maximum Gasteiger partial charge on any atom is 0.253 e. The van der Waals surface area contributed by atoms with Crippen molar-refractivity contribution >= 4 is 29.1 Å². The molecule has 1 heterocycles. The van der Waals surface area contributed by atoms with Crippen LogP contribution in [-0.4, -0.2) is 51.9 Å². The normalized spacial score (nSPS) is 28.0. The number of carbonyl (C=O) groups is 1. The van der Waals surface area contributed by atoms with E-state index in [0.29, 0.717) is 23.7 Å². The van der Waals surface area contributed by atoms with Crippen molar-refractivity contribution in [1.82, 2.24) is 4.90 Å². The van der Waals surface area contributed by atoms with Gasteiger partial charge in [-0.3, -0.25) is 4.79 Å². The molecule has 2 aliphatic rings. The molecule has 0 aromatic heterocycles. The van der Waals surface area contributed by atoms with Gasteiger partial charge in [0.05, 0.1) is 16.7 Å². The van der Waals surface area contributed by atoms with Gasteiger partial charge >= 0.3 is 0 Å². The van der Waals surface area contributed by atoms with Gasteiger partial charge in [0.25, 0.3) is 5.91 Å². The van der Waals surface area contributed by atoms with Crippen LogP contribution in [0.25, 0.3) is 0 Å². The highest BCUT2D eigenvalue weighted by molar-refractivity contribution is 6.42. The number of halogens is 2. The van der Waals surface area contributed by atoms with Crippen molar-refractivity contribution in [3.8, 4) is 5.75 Å². The number of hydrogen-bond acceptors (Lipinski definition) is 5. The minimum atomic E-state index is -1.37. The van der Waals surface area contributed by atoms with E-state index in [0.717, 1.165) is 12.8 Å². The molecule has 25 heavy (non-hydrogen) atoms. The molecule has 8 heteroatoms. The van der Waals surface area contributed by atoms with Crippen molar-refractivity contribution in [3.05, 3.63) is 27.7 Å². The lowest BCUT2D eigenvalue weighted by Gasteiger charge is -2.41. The van der Waals surface area contributed by atoms with Crippen molar-refractivity contribution in [2.75, 3.05) is 19.7 Å². The summed E-state index contributed by atoms with van der Waals surface area (Å²) in [6.45, 7) is 0.407. The number of nitrogens with zero attached hydrogens (tertiary/aromatic N) is 1. The van der Waals surface area contributed by atoms with Gasteiger partial charge in [-0.2, -0.15) is 0 Å². The van der Waals surface area contributed by atoms with E-state index < -0.39 is 24.7 Å². The number of aromatic hydroxyl groups is 1. The fraction of sp³-hybridized carbons (Fsp3) is 0.588. The summed E-state index contributed by atoms with van der Waals surface area (Å²) in [5.41, 5.74) is 7.02. The second-order valence-electron chi connectivity index (χ2n) is 6.97. The third kappa shape index (κ3) is 3.46. The number of phenolic OH excluding ortho intramolecular Hbond substituents is 1. The number of hydrogen-bond donors (Lipinski definition) is 4. The SMILES string of the molecule is N[C@@H](c1cc(Cl)c(Cl)cc1O)C1C2CCC1CN(C(=O)[C@H](O)CO)C2. The molecule has 2 bridgehead atoms. The van der Waals surface area contributed by atoms with E-state index in [9.17, 15) is 15.0 Å². The van der Waals surface area contributed by atoms with E-state index in [2.05, 4.69) is 0 Å². The summed E-state index contributed by atoms with van der Waals surface area (Å²) >= 11 is 12.0. The number of fused-ring (bicyclic) bond motifs is 2. The summed E-state index contributed by atoms with van der Waals surface area (Å²) < 4.78 is 0. The molecule has 2 fully saturated rings. The Morgan fingerprint density at radius 2 is 1.80 bits per heavy atom. The zero-order chi connectivity index (χ0) is 18.3. The van der Waals surface area contributed by atoms with E-state index in [-0.39, 0.29) is 28.5 Å². The number of nitrogens with two attached hydrogens (primary N) is 1. The molecule has 1 aromatic rings. The molecule has 1 aliphatic carbocycles. The Labute approximate surface area is 156 Å². The first kappa shape index (κ1) is 18.7. The molecule has 138 valence electrons. The Bertz CT molecular complexity index is 658. The number of aliphatic hydroxyl groups excluding tert-OH is 2. The molecule has 2 unspecified atom stereocenters. The molecule has 1 saturated carbocycles. The van der Waals surface area contributed by atoms with Gasteiger partial charge < -0.3 is 26.0 Å². The molecule has 5 N–H and O–H groups in total. The monoisotopic (exact) mass is 388 g/mol. The highest BCUT2D eigenvalue weighted by Crippen LogP contribution is 2.49. The van der Waals surface area contributed by atoms with E-state index in [1.807, 2.05) is 0 Å². The second-order valence-corrected chi connectivity index (χ2v) is 7.78. The highest BCUT2D eigenvalue weighted by atomic mass is 35.5. The zero-order valence-corrected chi connectivity index (χ0v) is 15.1. The van der Waals surface area contributed by atoms with E-state index in [1.54, 1.807) is 11.0 Å². The molecular formula is C17H22Cl2N2O4. The summed E-state index contributed by atoms with van der Waals surface area (Å²) in [7, 11) is 0. The Morgan fingerprint density at radius 3 is 2.36 bits per heavy atom. The highest BCUT2D eigenvalue weighted by Gasteiger charge is 2.47. The topological polar surface area (TPSA) is 107 Å². The fourth-order valence-corrected chi connectivity index (χ4v) is 4.68. The van der Waals surface area contributed by atoms with Gasteiger partial charge in [-0.1, -0.05) is 23.2 Å². The predicted molar refractivity (Wildman–Crippen MR) is 94.4 cm³/mol. The number of amides is 1. The number of rotatable bonds is 4. The third-order valence-electron chi connectivity index (χ3n) is 5.52. The van der Waals surface area contributed by atoms with Gasteiger partial charge in [0.15, 0.2) is 6.10 Å². The lowest BCUT2D eigenvalue weighted by atomic mass is 9.77. The van der Waals surface area contributed by atoms with Crippen LogP contribution < -0.4 is 5.73 Å². The lowest BCUT2D eigenvalue weighted by molar-refractivity contribution is -0.145. The number of likely N-dealkylation sites (tertiary alicyclic amines) is 1. The maximum absolute atomic E-state index is 12.1. The average Bonchev–Trinajstić information content (AvgIpc) is 2.85. The van der Waals surface area contributed by atoms with Crippen LogP contribution in [0.2, 0.25) is 10.0 Å². The van der Waals surface area contributed by atoms with Crippen molar-refractivity contribution in [3.63, 3.8) is 0 Å². The zero-order valence-electron chi connectivity index (χ0n) is 13.6. The van der Waals surface area contributed by atoms with Crippen molar-refractivity contribution in [1.29, 1.82) is 0 Å². The first-order valence-corrected chi connectivity index (χ1v) is 9.10. The Kier molecular flexibility index (Phi) is 5.46.